The van der Waals surface area contributed by atoms with Gasteiger partial charge in [-0.3, -0.25) is 9.80 Å². The van der Waals surface area contributed by atoms with Crippen LogP contribution in [0.15, 0.2) is 0 Å². The summed E-state index contributed by atoms with van der Waals surface area (Å²) in [6, 6.07) is 0. The standard InChI is InChI=1S/C13H30N2/c1-6-9-10-11-12-13(14(4)5)15(7-2)8-3/h13H,6-12H2,1-5H3. The van der Waals surface area contributed by atoms with E-state index in [-0.39, 0.29) is 0 Å². The highest BCUT2D eigenvalue weighted by Crippen LogP contribution is 2.12. The third kappa shape index (κ3) is 6.16. The summed E-state index contributed by atoms with van der Waals surface area (Å²) in [5.74, 6) is 0. The fourth-order valence-corrected chi connectivity index (χ4v) is 2.17. The van der Waals surface area contributed by atoms with Gasteiger partial charge < -0.3 is 0 Å². The monoisotopic (exact) mass is 214 g/mol. The van der Waals surface area contributed by atoms with E-state index < -0.39 is 0 Å². The second-order valence-corrected chi connectivity index (χ2v) is 4.51. The summed E-state index contributed by atoms with van der Waals surface area (Å²) < 4.78 is 0. The molecule has 0 spiro atoms. The lowest BCUT2D eigenvalue weighted by atomic mass is 10.1. The van der Waals surface area contributed by atoms with Crippen molar-refractivity contribution < 1.29 is 0 Å². The van der Waals surface area contributed by atoms with Crippen molar-refractivity contribution in [2.24, 2.45) is 0 Å². The zero-order valence-corrected chi connectivity index (χ0v) is 11.4. The normalized spacial score (nSPS) is 13.8. The van der Waals surface area contributed by atoms with E-state index in [0.717, 1.165) is 13.1 Å². The third-order valence-electron chi connectivity index (χ3n) is 3.15. The Morgan fingerprint density at radius 1 is 0.867 bits per heavy atom. The minimum Gasteiger partial charge on any atom is -0.294 e. The van der Waals surface area contributed by atoms with E-state index in [4.69, 9.17) is 0 Å². The van der Waals surface area contributed by atoms with Crippen LogP contribution in [-0.2, 0) is 0 Å². The maximum Gasteiger partial charge on any atom is 0.0617 e. The maximum atomic E-state index is 2.55. The highest BCUT2D eigenvalue weighted by molar-refractivity contribution is 4.67. The molecule has 2 heteroatoms. The molecule has 0 N–H and O–H groups in total. The van der Waals surface area contributed by atoms with Gasteiger partial charge in [0, 0.05) is 0 Å². The molecule has 0 heterocycles. The summed E-state index contributed by atoms with van der Waals surface area (Å²) in [4.78, 5) is 4.91. The van der Waals surface area contributed by atoms with Crippen molar-refractivity contribution in [3.8, 4) is 0 Å². The van der Waals surface area contributed by atoms with Crippen LogP contribution in [0.25, 0.3) is 0 Å². The lowest BCUT2D eigenvalue weighted by Crippen LogP contribution is -2.44. The largest absolute Gasteiger partial charge is 0.294 e. The van der Waals surface area contributed by atoms with Crippen molar-refractivity contribution in [2.75, 3.05) is 27.2 Å². The molecule has 0 aliphatic carbocycles. The number of nitrogens with zero attached hydrogens (tertiary/aromatic N) is 2. The SMILES string of the molecule is CCCCCCC(N(C)C)N(CC)CC. The molecule has 1 atom stereocenters. The molecule has 92 valence electrons. The molecule has 0 radical (unpaired) electrons. The van der Waals surface area contributed by atoms with E-state index in [1.54, 1.807) is 0 Å². The van der Waals surface area contributed by atoms with Crippen LogP contribution in [0, 0.1) is 0 Å². The van der Waals surface area contributed by atoms with Crippen molar-refractivity contribution >= 4 is 0 Å². The van der Waals surface area contributed by atoms with Gasteiger partial charge in [0.1, 0.15) is 0 Å². The van der Waals surface area contributed by atoms with Gasteiger partial charge >= 0.3 is 0 Å². The first-order valence-electron chi connectivity index (χ1n) is 6.57. The molecule has 0 rings (SSSR count). The lowest BCUT2D eigenvalue weighted by molar-refractivity contribution is 0.0790. The molecule has 15 heavy (non-hydrogen) atoms. The van der Waals surface area contributed by atoms with Gasteiger partial charge in [-0.05, 0) is 33.6 Å². The number of rotatable bonds is 9. The van der Waals surface area contributed by atoms with E-state index in [0.29, 0.717) is 6.17 Å². The average molecular weight is 214 g/mol. The van der Waals surface area contributed by atoms with E-state index in [9.17, 15) is 0 Å². The molecule has 0 aliphatic rings. The lowest BCUT2D eigenvalue weighted by Gasteiger charge is -2.34. The number of hydrogen-bond acceptors (Lipinski definition) is 2. The number of unbranched alkanes of at least 4 members (excludes halogenated alkanes) is 3. The summed E-state index contributed by atoms with van der Waals surface area (Å²) in [7, 11) is 4.39. The van der Waals surface area contributed by atoms with Crippen molar-refractivity contribution in [3.63, 3.8) is 0 Å². The van der Waals surface area contributed by atoms with Crippen molar-refractivity contribution in [2.45, 2.75) is 59.0 Å². The van der Waals surface area contributed by atoms with Crippen LogP contribution in [0.3, 0.4) is 0 Å². The number of hydrogen-bond donors (Lipinski definition) is 0. The minimum absolute atomic E-state index is 0.636. The van der Waals surface area contributed by atoms with Gasteiger partial charge in [-0.2, -0.15) is 0 Å². The predicted octanol–water partition coefficient (Wildman–Crippen LogP) is 3.19. The van der Waals surface area contributed by atoms with Gasteiger partial charge in [-0.15, -0.1) is 0 Å². The van der Waals surface area contributed by atoms with Crippen LogP contribution in [-0.4, -0.2) is 43.2 Å². The van der Waals surface area contributed by atoms with Crippen molar-refractivity contribution in [1.82, 2.24) is 9.80 Å². The minimum atomic E-state index is 0.636. The molecule has 0 fully saturated rings. The molecule has 2 nitrogen and oxygen atoms in total. The Labute approximate surface area is 96.6 Å². The van der Waals surface area contributed by atoms with Gasteiger partial charge in [0.25, 0.3) is 0 Å². The quantitative estimate of drug-likeness (QED) is 0.429. The maximum absolute atomic E-state index is 2.55. The second kappa shape index (κ2) is 9.17. The Morgan fingerprint density at radius 2 is 1.47 bits per heavy atom. The summed E-state index contributed by atoms with van der Waals surface area (Å²) in [5.41, 5.74) is 0. The highest BCUT2D eigenvalue weighted by atomic mass is 15.3. The fourth-order valence-electron chi connectivity index (χ4n) is 2.17. The summed E-state index contributed by atoms with van der Waals surface area (Å²) in [5, 5.41) is 0. The van der Waals surface area contributed by atoms with Gasteiger partial charge in [-0.25, -0.2) is 0 Å². The van der Waals surface area contributed by atoms with Crippen LogP contribution in [0.4, 0.5) is 0 Å². The van der Waals surface area contributed by atoms with E-state index in [2.05, 4.69) is 44.7 Å². The molecule has 0 aromatic rings. The summed E-state index contributed by atoms with van der Waals surface area (Å²) >= 11 is 0. The van der Waals surface area contributed by atoms with Crippen LogP contribution >= 0.6 is 0 Å². The van der Waals surface area contributed by atoms with Crippen LogP contribution < -0.4 is 0 Å². The zero-order chi connectivity index (χ0) is 11.7. The van der Waals surface area contributed by atoms with Crippen LogP contribution in [0.1, 0.15) is 52.9 Å². The Balaban J connectivity index is 3.92. The fraction of sp³-hybridized carbons (Fsp3) is 1.00. The van der Waals surface area contributed by atoms with Crippen LogP contribution in [0.5, 0.6) is 0 Å². The Kier molecular flexibility index (Phi) is 9.12. The predicted molar refractivity (Wildman–Crippen MR) is 69.2 cm³/mol. The first-order valence-corrected chi connectivity index (χ1v) is 6.57. The molecule has 1 unspecified atom stereocenters. The molecule has 0 aliphatic heterocycles. The van der Waals surface area contributed by atoms with Gasteiger partial charge in [0.2, 0.25) is 0 Å². The molecule has 0 aromatic heterocycles. The molecular formula is C13H30N2. The van der Waals surface area contributed by atoms with Crippen LogP contribution in [0.2, 0.25) is 0 Å². The molecule has 0 saturated heterocycles. The summed E-state index contributed by atoms with van der Waals surface area (Å²) in [6.07, 6.45) is 7.43. The first-order chi connectivity index (χ1) is 7.17. The average Bonchev–Trinajstić information content (AvgIpc) is 2.22. The Bertz CT molecular complexity index is 130. The molecule has 0 saturated carbocycles. The summed E-state index contributed by atoms with van der Waals surface area (Å²) in [6.45, 7) is 9.10. The topological polar surface area (TPSA) is 6.48 Å². The van der Waals surface area contributed by atoms with Gasteiger partial charge in [-0.1, -0.05) is 46.5 Å². The first kappa shape index (κ1) is 14.9. The zero-order valence-electron chi connectivity index (χ0n) is 11.4. The van der Waals surface area contributed by atoms with Gasteiger partial charge in [0.05, 0.1) is 6.17 Å². The molecular weight excluding hydrogens is 184 g/mol. The van der Waals surface area contributed by atoms with Crippen molar-refractivity contribution in [3.05, 3.63) is 0 Å². The Morgan fingerprint density at radius 3 is 1.87 bits per heavy atom. The molecule has 0 aromatic carbocycles. The van der Waals surface area contributed by atoms with E-state index in [1.807, 2.05) is 0 Å². The highest BCUT2D eigenvalue weighted by Gasteiger charge is 2.16. The molecule has 0 amide bonds. The van der Waals surface area contributed by atoms with Gasteiger partial charge in [0.15, 0.2) is 0 Å². The Hall–Kier alpha value is -0.0800. The smallest absolute Gasteiger partial charge is 0.0617 e. The third-order valence-corrected chi connectivity index (χ3v) is 3.15. The van der Waals surface area contributed by atoms with E-state index in [1.165, 1.54) is 32.1 Å². The van der Waals surface area contributed by atoms with Crippen molar-refractivity contribution in [1.29, 1.82) is 0 Å². The second-order valence-electron chi connectivity index (χ2n) is 4.51. The molecule has 0 bridgehead atoms. The van der Waals surface area contributed by atoms with E-state index >= 15 is 0 Å².